The monoisotopic (exact) mass is 1260 g/mol. The number of hydrogen-bond donors (Lipinski definition) is 3. The van der Waals surface area contributed by atoms with Crippen molar-refractivity contribution in [1.29, 1.82) is 0 Å². The predicted octanol–water partition coefficient (Wildman–Crippen LogP) is 12.9. The van der Waals surface area contributed by atoms with Crippen molar-refractivity contribution in [3.63, 3.8) is 0 Å². The molecule has 0 spiro atoms. The van der Waals surface area contributed by atoms with E-state index in [4.69, 9.17) is 26.8 Å². The third-order valence-electron chi connectivity index (χ3n) is 13.6. The Kier molecular flexibility index (Phi) is 45.5. The van der Waals surface area contributed by atoms with E-state index in [9.17, 15) is 14.4 Å². The first kappa shape index (κ1) is 69.5. The van der Waals surface area contributed by atoms with Crippen LogP contribution in [0.4, 0.5) is 4.79 Å². The zero-order valence-electron chi connectivity index (χ0n) is 47.5. The average molecular weight is 1260 g/mol. The molecule has 0 aliphatic carbocycles. The van der Waals surface area contributed by atoms with Crippen LogP contribution < -0.4 is 38.3 Å². The number of methoxy groups -OCH3 is 1. The van der Waals surface area contributed by atoms with Crippen LogP contribution in [0.3, 0.4) is 0 Å². The van der Waals surface area contributed by atoms with Crippen LogP contribution in [-0.4, -0.2) is 81.8 Å². The number of unbranched alkanes of at least 4 members (excludes halogenated alkanes) is 28. The van der Waals surface area contributed by atoms with E-state index >= 15 is 0 Å². The number of carbonyl (C=O) groups is 3. The molecule has 0 aromatic heterocycles. The van der Waals surface area contributed by atoms with Crippen LogP contribution in [0, 0.1) is 0 Å². The third kappa shape index (κ3) is 43.2. The fourth-order valence-electron chi connectivity index (χ4n) is 8.48. The van der Waals surface area contributed by atoms with Gasteiger partial charge >= 0.3 is 204 Å². The molecule has 2 atom stereocenters. The number of carbonyl (C=O) groups excluding carboxylic acids is 3. The summed E-state index contributed by atoms with van der Waals surface area (Å²) in [7, 11) is 1.69. The third-order valence-corrected chi connectivity index (χ3v) is 15.5. The number of hydrogen-bond acceptors (Lipinski definition) is 9. The molecule has 73 heavy (non-hydrogen) atoms. The summed E-state index contributed by atoms with van der Waals surface area (Å²) in [4.78, 5) is 38.8. The summed E-state index contributed by atoms with van der Waals surface area (Å²) < 4.78 is 35.2. The molecule has 12 nitrogen and oxygen atoms in total. The molecule has 0 heterocycles. The van der Waals surface area contributed by atoms with E-state index in [1.165, 1.54) is 154 Å². The minimum atomic E-state index is -0.620. The molecule has 0 saturated heterocycles. The van der Waals surface area contributed by atoms with Crippen molar-refractivity contribution in [2.75, 3.05) is 46.6 Å². The maximum atomic E-state index is 13.1. The summed E-state index contributed by atoms with van der Waals surface area (Å²) in [5.74, 6) is 0.607. The van der Waals surface area contributed by atoms with Crippen molar-refractivity contribution in [2.45, 2.75) is 277 Å². The van der Waals surface area contributed by atoms with Crippen LogP contribution in [0.15, 0.2) is 24.3 Å². The Morgan fingerprint density at radius 2 is 1.04 bits per heavy atom. The number of halogens is 2. The van der Waals surface area contributed by atoms with Crippen LogP contribution in [0.25, 0.3) is 0 Å². The Hall–Kier alpha value is -1.47. The van der Waals surface area contributed by atoms with E-state index in [-0.39, 0.29) is 49.3 Å². The summed E-state index contributed by atoms with van der Waals surface area (Å²) in [5.41, 5.74) is 0.133. The van der Waals surface area contributed by atoms with Gasteiger partial charge < -0.3 is 4.74 Å². The summed E-state index contributed by atoms with van der Waals surface area (Å²) >= 11 is 1.66. The second-order valence-corrected chi connectivity index (χ2v) is 24.6. The Bertz CT molecular complexity index is 1450. The van der Waals surface area contributed by atoms with E-state index < -0.39 is 36.1 Å². The molecular weight excluding hydrogens is 1150 g/mol. The first-order valence-electron chi connectivity index (χ1n) is 29.3. The van der Waals surface area contributed by atoms with E-state index in [1.54, 1.807) is 7.11 Å². The Morgan fingerprint density at radius 3 is 1.49 bits per heavy atom. The van der Waals surface area contributed by atoms with Crippen LogP contribution in [0.2, 0.25) is 0 Å². The quantitative estimate of drug-likeness (QED) is 0.0330. The minimum Gasteiger partial charge on any atom is -0.275 e. The molecule has 1 aromatic rings. The standard InChI is InChI=1S/C59H108I2N3O9/c1-8-10-12-14-16-18-20-22-24-26-28-30-32-34-36-38-54(65)63-48-52(64-55(66)39-37-35-33-31-29-27-25-23-21-19-17-15-13-11-9-2)49-71-57(67)62-45-47-70-56(73-61-60)51-40-42-53(43-41-51)69-46-44-58(3,4)72-50-59(5,6)68-7/h40-43,52,56H,8-39,44-50H2,1-7H3,(H,62,67)(H,63,65)(H,64,66)/q-1. The predicted molar refractivity (Wildman–Crippen MR) is 305 cm³/mol. The first-order chi connectivity index (χ1) is 35.3. The van der Waals surface area contributed by atoms with E-state index in [0.717, 1.165) is 49.8 Å². The summed E-state index contributed by atoms with van der Waals surface area (Å²) in [6, 6.07) is 7.11. The van der Waals surface area contributed by atoms with Gasteiger partial charge in [-0.25, -0.2) is 0 Å². The van der Waals surface area contributed by atoms with E-state index in [1.807, 2.05) is 38.1 Å². The van der Waals surface area contributed by atoms with Crippen molar-refractivity contribution in [2.24, 2.45) is 0 Å². The van der Waals surface area contributed by atoms with E-state index in [0.29, 0.717) is 32.5 Å². The molecule has 1 aromatic carbocycles. The minimum absolute atomic E-state index is 0.0429. The van der Waals surface area contributed by atoms with Crippen molar-refractivity contribution < 1.29 is 58.8 Å². The van der Waals surface area contributed by atoms with Gasteiger partial charge in [-0.3, -0.25) is 9.59 Å². The number of amides is 3. The molecule has 0 aliphatic rings. The van der Waals surface area contributed by atoms with Gasteiger partial charge in [0.25, 0.3) is 0 Å². The SMILES string of the molecule is CCCCCCCCCCCCCCCCCC(=O)NCC(COC(=O)NCCOC(O[I-]I)c1ccc(OCCC(C)(C)OCC(C)(C)OC)cc1)NC(=O)CCCCCCCCCCCCCCCCC. The summed E-state index contributed by atoms with van der Waals surface area (Å²) in [6.07, 6.45) is 38.5. The van der Waals surface area contributed by atoms with Crippen molar-refractivity contribution >= 4 is 36.5 Å². The molecule has 0 saturated carbocycles. The topological polar surface area (TPSA) is 143 Å². The Labute approximate surface area is 467 Å². The Balaban J connectivity index is 2.51. The molecule has 428 valence electrons. The van der Waals surface area contributed by atoms with Gasteiger partial charge in [0.05, 0.1) is 5.60 Å². The molecule has 14 heteroatoms. The molecule has 1 rings (SSSR count). The molecule has 3 N–H and O–H groups in total. The smallest absolute Gasteiger partial charge is 0.275 e. The van der Waals surface area contributed by atoms with Gasteiger partial charge in [-0.05, 0) is 26.7 Å². The van der Waals surface area contributed by atoms with Crippen molar-refractivity contribution in [1.82, 2.24) is 16.0 Å². The second-order valence-electron chi connectivity index (χ2n) is 21.5. The van der Waals surface area contributed by atoms with Gasteiger partial charge in [0.2, 0.25) is 5.91 Å². The summed E-state index contributed by atoms with van der Waals surface area (Å²) in [5, 5.41) is 8.78. The molecule has 0 bridgehead atoms. The van der Waals surface area contributed by atoms with Crippen molar-refractivity contribution in [3.05, 3.63) is 29.8 Å². The molecule has 3 amide bonds. The molecule has 2 unspecified atom stereocenters. The molecule has 0 fully saturated rings. The number of rotatable bonds is 52. The maximum absolute atomic E-state index is 13.1. The van der Waals surface area contributed by atoms with E-state index in [2.05, 4.69) is 62.3 Å². The van der Waals surface area contributed by atoms with Crippen LogP contribution in [-0.2, 0) is 31.6 Å². The van der Waals surface area contributed by atoms with Gasteiger partial charge in [0, 0.05) is 20.0 Å². The second kappa shape index (κ2) is 47.7. The fraction of sp³-hybridized carbons (Fsp3) is 0.847. The van der Waals surface area contributed by atoms with Gasteiger partial charge in [-0.15, -0.1) is 0 Å². The number of nitrogens with one attached hydrogen (secondary N) is 3. The fourth-order valence-corrected chi connectivity index (χ4v) is 10.3. The molecular formula is C59H108I2N3O9-. The van der Waals surface area contributed by atoms with Crippen LogP contribution in [0.5, 0.6) is 5.75 Å². The molecule has 0 radical (unpaired) electrons. The zero-order chi connectivity index (χ0) is 53.5. The van der Waals surface area contributed by atoms with Gasteiger partial charge in [0.15, 0.2) is 0 Å². The molecule has 0 aliphatic heterocycles. The Morgan fingerprint density at radius 1 is 0.589 bits per heavy atom. The average Bonchev–Trinajstić information content (AvgIpc) is 3.37. The van der Waals surface area contributed by atoms with Crippen LogP contribution in [0.1, 0.15) is 265 Å². The van der Waals surface area contributed by atoms with Crippen molar-refractivity contribution in [3.8, 4) is 5.75 Å². The normalized spacial score (nSPS) is 12.7. The van der Waals surface area contributed by atoms with Crippen LogP contribution >= 0.6 is 18.6 Å². The van der Waals surface area contributed by atoms with Gasteiger partial charge in [-0.2, -0.15) is 0 Å². The first-order valence-corrected chi connectivity index (χ1v) is 36.4. The number of alkyl carbamates (subject to hydrolysis) is 1. The summed E-state index contributed by atoms with van der Waals surface area (Å²) in [6.45, 7) is 14.2. The number of ether oxygens (including phenoxy) is 5. The zero-order valence-corrected chi connectivity index (χ0v) is 51.8. The van der Waals surface area contributed by atoms with Gasteiger partial charge in [-0.1, -0.05) is 194 Å². The number of benzene rings is 1. The van der Waals surface area contributed by atoms with Gasteiger partial charge in [0.1, 0.15) is 0 Å².